The van der Waals surface area contributed by atoms with Gasteiger partial charge < -0.3 is 15.2 Å². The summed E-state index contributed by atoms with van der Waals surface area (Å²) >= 11 is 0. The van der Waals surface area contributed by atoms with Crippen LogP contribution in [0.3, 0.4) is 0 Å². The zero-order valence-electron chi connectivity index (χ0n) is 9.19. The molecular formula is C11H17NO4. The van der Waals surface area contributed by atoms with Crippen LogP contribution in [0.5, 0.6) is 0 Å². The first kappa shape index (κ1) is 14.4. The van der Waals surface area contributed by atoms with E-state index in [1.54, 1.807) is 0 Å². The second-order valence-electron chi connectivity index (χ2n) is 3.04. The number of esters is 2. The maximum atomic E-state index is 11.2. The average Bonchev–Trinajstić information content (AvgIpc) is 2.30. The number of hydrogen-bond acceptors (Lipinski definition) is 5. The molecule has 0 aromatic carbocycles. The Balaban J connectivity index is 3.74. The summed E-state index contributed by atoms with van der Waals surface area (Å²) in [6.45, 7) is 7.08. The number of carbonyl (C=O) groups excluding carboxylic acids is 2. The van der Waals surface area contributed by atoms with Gasteiger partial charge in [0.2, 0.25) is 0 Å². The molecule has 5 heteroatoms. The first-order valence-corrected chi connectivity index (χ1v) is 4.91. The Bertz CT molecular complexity index is 263. The zero-order valence-corrected chi connectivity index (χ0v) is 9.19. The Hall–Kier alpha value is -1.62. The molecule has 0 saturated heterocycles. The lowest BCUT2D eigenvalue weighted by Gasteiger charge is -2.09. The number of rotatable bonds is 8. The highest BCUT2D eigenvalue weighted by Gasteiger charge is 2.16. The van der Waals surface area contributed by atoms with Crippen molar-refractivity contribution in [2.45, 2.75) is 18.9 Å². The predicted molar refractivity (Wildman–Crippen MR) is 59.5 cm³/mol. The summed E-state index contributed by atoms with van der Waals surface area (Å²) in [5.74, 6) is -0.955. The van der Waals surface area contributed by atoms with E-state index in [0.717, 1.165) is 0 Å². The molecule has 0 aliphatic heterocycles. The molecule has 0 saturated carbocycles. The molecule has 0 heterocycles. The van der Waals surface area contributed by atoms with Crippen LogP contribution in [0.2, 0.25) is 0 Å². The lowest BCUT2D eigenvalue weighted by atomic mass is 10.2. The molecule has 0 radical (unpaired) electrons. The predicted octanol–water partition coefficient (Wildman–Crippen LogP) is 0.552. The van der Waals surface area contributed by atoms with Gasteiger partial charge in [0.25, 0.3) is 0 Å². The van der Waals surface area contributed by atoms with E-state index in [9.17, 15) is 9.59 Å². The van der Waals surface area contributed by atoms with Crippen molar-refractivity contribution in [2.75, 3.05) is 13.2 Å². The summed E-state index contributed by atoms with van der Waals surface area (Å²) in [5.41, 5.74) is 5.50. The molecule has 0 aromatic heterocycles. The zero-order chi connectivity index (χ0) is 12.4. The lowest BCUT2D eigenvalue weighted by molar-refractivity contribution is -0.145. The second-order valence-corrected chi connectivity index (χ2v) is 3.04. The fourth-order valence-electron chi connectivity index (χ4n) is 0.863. The summed E-state index contributed by atoms with van der Waals surface area (Å²) < 4.78 is 9.44. The van der Waals surface area contributed by atoms with Gasteiger partial charge in [-0.3, -0.25) is 9.59 Å². The number of nitrogens with two attached hydrogens (primary N) is 1. The van der Waals surface area contributed by atoms with Crippen molar-refractivity contribution in [1.29, 1.82) is 0 Å². The lowest BCUT2D eigenvalue weighted by Crippen LogP contribution is -2.33. The third kappa shape index (κ3) is 6.78. The Morgan fingerprint density at radius 2 is 1.75 bits per heavy atom. The van der Waals surface area contributed by atoms with E-state index >= 15 is 0 Å². The van der Waals surface area contributed by atoms with Crippen LogP contribution in [0.4, 0.5) is 0 Å². The Kier molecular flexibility index (Phi) is 7.79. The van der Waals surface area contributed by atoms with Gasteiger partial charge in [-0.05, 0) is 6.42 Å². The minimum atomic E-state index is -0.809. The first-order valence-electron chi connectivity index (χ1n) is 4.91. The Morgan fingerprint density at radius 3 is 2.31 bits per heavy atom. The molecule has 0 rings (SSSR count). The van der Waals surface area contributed by atoms with Crippen LogP contribution >= 0.6 is 0 Å². The highest BCUT2D eigenvalue weighted by atomic mass is 16.5. The van der Waals surface area contributed by atoms with Gasteiger partial charge in [0, 0.05) is 6.42 Å². The van der Waals surface area contributed by atoms with Crippen LogP contribution in [0, 0.1) is 0 Å². The van der Waals surface area contributed by atoms with Gasteiger partial charge in [-0.15, -0.1) is 0 Å². The van der Waals surface area contributed by atoms with Crippen molar-refractivity contribution in [3.8, 4) is 0 Å². The molecule has 90 valence electrons. The van der Waals surface area contributed by atoms with E-state index in [-0.39, 0.29) is 26.1 Å². The van der Waals surface area contributed by atoms with Gasteiger partial charge in [-0.1, -0.05) is 25.3 Å². The van der Waals surface area contributed by atoms with Crippen molar-refractivity contribution < 1.29 is 19.1 Å². The smallest absolute Gasteiger partial charge is 0.323 e. The maximum Gasteiger partial charge on any atom is 0.323 e. The summed E-state index contributed by atoms with van der Waals surface area (Å²) in [5, 5.41) is 0. The minimum Gasteiger partial charge on any atom is -0.461 e. The topological polar surface area (TPSA) is 78.6 Å². The minimum absolute atomic E-state index is 0.0815. The van der Waals surface area contributed by atoms with Gasteiger partial charge in [0.1, 0.15) is 19.3 Å². The SMILES string of the molecule is C=CCOC(=O)CCC(N)C(=O)OCC=C. The normalized spacial score (nSPS) is 11.3. The summed E-state index contributed by atoms with van der Waals surface area (Å²) in [7, 11) is 0. The molecule has 0 amide bonds. The number of ether oxygens (including phenoxy) is 2. The quantitative estimate of drug-likeness (QED) is 0.484. The summed E-state index contributed by atoms with van der Waals surface area (Å²) in [6, 6.07) is -0.809. The highest BCUT2D eigenvalue weighted by Crippen LogP contribution is 1.99. The molecule has 1 unspecified atom stereocenters. The van der Waals surface area contributed by atoms with Crippen LogP contribution in [-0.4, -0.2) is 31.2 Å². The van der Waals surface area contributed by atoms with Crippen molar-refractivity contribution in [1.82, 2.24) is 0 Å². The number of carbonyl (C=O) groups is 2. The van der Waals surface area contributed by atoms with Gasteiger partial charge in [0.15, 0.2) is 0 Å². The molecule has 0 spiro atoms. The number of hydrogen-bond donors (Lipinski definition) is 1. The molecule has 0 fully saturated rings. The molecule has 5 nitrogen and oxygen atoms in total. The van der Waals surface area contributed by atoms with Crippen LogP contribution in [0.25, 0.3) is 0 Å². The van der Waals surface area contributed by atoms with E-state index in [0.29, 0.717) is 0 Å². The Labute approximate surface area is 94.9 Å². The highest BCUT2D eigenvalue weighted by molar-refractivity contribution is 5.77. The van der Waals surface area contributed by atoms with E-state index in [4.69, 9.17) is 15.2 Å². The molecule has 0 aliphatic carbocycles. The molecule has 1 atom stereocenters. The molecular weight excluding hydrogens is 210 g/mol. The van der Waals surface area contributed by atoms with Gasteiger partial charge in [0.05, 0.1) is 0 Å². The first-order chi connectivity index (χ1) is 7.61. The van der Waals surface area contributed by atoms with Crippen molar-refractivity contribution >= 4 is 11.9 Å². The molecule has 16 heavy (non-hydrogen) atoms. The van der Waals surface area contributed by atoms with Gasteiger partial charge in [-0.2, -0.15) is 0 Å². The molecule has 0 bridgehead atoms. The van der Waals surface area contributed by atoms with Crippen molar-refractivity contribution in [2.24, 2.45) is 5.73 Å². The monoisotopic (exact) mass is 227 g/mol. The molecule has 0 aromatic rings. The van der Waals surface area contributed by atoms with Crippen molar-refractivity contribution in [3.05, 3.63) is 25.3 Å². The third-order valence-corrected chi connectivity index (χ3v) is 1.67. The molecule has 0 aliphatic rings. The van der Waals surface area contributed by atoms with E-state index in [1.807, 2.05) is 0 Å². The Morgan fingerprint density at radius 1 is 1.19 bits per heavy atom. The maximum absolute atomic E-state index is 11.2. The summed E-state index contributed by atoms with van der Waals surface area (Å²) in [6.07, 6.45) is 3.20. The second kappa shape index (κ2) is 8.67. The van der Waals surface area contributed by atoms with E-state index < -0.39 is 18.0 Å². The standard InChI is InChI=1S/C11H17NO4/c1-3-7-15-10(13)6-5-9(12)11(14)16-8-4-2/h3-4,9H,1-2,5-8,12H2. The van der Waals surface area contributed by atoms with Crippen molar-refractivity contribution in [3.63, 3.8) is 0 Å². The van der Waals surface area contributed by atoms with Crippen LogP contribution < -0.4 is 5.73 Å². The summed E-state index contributed by atoms with van der Waals surface area (Å²) in [4.78, 5) is 22.2. The fraction of sp³-hybridized carbons (Fsp3) is 0.455. The van der Waals surface area contributed by atoms with Gasteiger partial charge in [-0.25, -0.2) is 0 Å². The third-order valence-electron chi connectivity index (χ3n) is 1.67. The van der Waals surface area contributed by atoms with E-state index in [2.05, 4.69) is 13.2 Å². The molecule has 2 N–H and O–H groups in total. The fourth-order valence-corrected chi connectivity index (χ4v) is 0.863. The average molecular weight is 227 g/mol. The van der Waals surface area contributed by atoms with Crippen LogP contribution in [0.1, 0.15) is 12.8 Å². The van der Waals surface area contributed by atoms with Crippen LogP contribution in [-0.2, 0) is 19.1 Å². The van der Waals surface area contributed by atoms with E-state index in [1.165, 1.54) is 12.2 Å². The van der Waals surface area contributed by atoms with Gasteiger partial charge >= 0.3 is 11.9 Å². The van der Waals surface area contributed by atoms with Crippen LogP contribution in [0.15, 0.2) is 25.3 Å². The largest absolute Gasteiger partial charge is 0.461 e.